The van der Waals surface area contributed by atoms with E-state index in [2.05, 4.69) is 0 Å². The fraction of sp³-hybridized carbons (Fsp3) is 0.222. The summed E-state index contributed by atoms with van der Waals surface area (Å²) in [6.45, 7) is 0.0939. The number of allylic oxidation sites excluding steroid dienone is 3. The lowest BCUT2D eigenvalue weighted by atomic mass is 10.1. The van der Waals surface area contributed by atoms with Gasteiger partial charge in [0.25, 0.3) is 0 Å². The summed E-state index contributed by atoms with van der Waals surface area (Å²) >= 11 is 0. The van der Waals surface area contributed by atoms with Gasteiger partial charge in [-0.15, -0.1) is 0 Å². The molecule has 0 aromatic heterocycles. The number of aliphatic hydroxyl groups is 1. The van der Waals surface area contributed by atoms with Crippen LogP contribution in [0.2, 0.25) is 0 Å². The predicted molar refractivity (Wildman–Crippen MR) is 45.6 cm³/mol. The van der Waals surface area contributed by atoms with Crippen LogP contribution in [0.4, 0.5) is 4.79 Å². The van der Waals surface area contributed by atoms with Gasteiger partial charge in [-0.1, -0.05) is 6.08 Å². The molecule has 0 bridgehead atoms. The van der Waals surface area contributed by atoms with Gasteiger partial charge in [-0.25, -0.2) is 4.79 Å². The van der Waals surface area contributed by atoms with Gasteiger partial charge in [0.2, 0.25) is 0 Å². The molecule has 1 N–H and O–H groups in total. The minimum atomic E-state index is -0.396. The largest absolute Gasteiger partial charge is 0.444 e. The number of fused-ring (bicyclic) bond motifs is 1. The normalized spacial score (nSPS) is 20.4. The summed E-state index contributed by atoms with van der Waals surface area (Å²) in [5.41, 5.74) is 1.45. The highest BCUT2D eigenvalue weighted by molar-refractivity contribution is 5.74. The number of ether oxygens (including phenoxy) is 1. The van der Waals surface area contributed by atoms with Crippen molar-refractivity contribution in [1.29, 1.82) is 0 Å². The zero-order chi connectivity index (χ0) is 9.26. The van der Waals surface area contributed by atoms with E-state index in [-0.39, 0.29) is 13.2 Å². The third-order valence-corrected chi connectivity index (χ3v) is 1.98. The molecule has 0 atom stereocenters. The molecule has 4 nitrogen and oxygen atoms in total. The zero-order valence-corrected chi connectivity index (χ0v) is 6.93. The minimum absolute atomic E-state index is 0.0860. The highest BCUT2D eigenvalue weighted by Crippen LogP contribution is 2.22. The highest BCUT2D eigenvalue weighted by atomic mass is 16.6. The smallest absolute Gasteiger partial charge is 0.418 e. The summed E-state index contributed by atoms with van der Waals surface area (Å²) in [4.78, 5) is 12.6. The lowest BCUT2D eigenvalue weighted by molar-refractivity contribution is 0.119. The van der Waals surface area contributed by atoms with Crippen molar-refractivity contribution in [3.05, 3.63) is 35.7 Å². The number of carbonyl (C=O) groups is 1. The van der Waals surface area contributed by atoms with Gasteiger partial charge in [-0.05, 0) is 12.2 Å². The quantitative estimate of drug-likeness (QED) is 0.646. The van der Waals surface area contributed by atoms with Crippen LogP contribution in [-0.2, 0) is 4.74 Å². The average Bonchev–Trinajstić information content (AvgIpc) is 2.19. The molecule has 0 aromatic rings. The predicted octanol–water partition coefficient (Wildman–Crippen LogP) is 0.768. The summed E-state index contributed by atoms with van der Waals surface area (Å²) in [7, 11) is 0. The van der Waals surface area contributed by atoms with Crippen molar-refractivity contribution < 1.29 is 14.6 Å². The van der Waals surface area contributed by atoms with E-state index in [0.29, 0.717) is 0 Å². The molecular formula is C9H9NO3. The first-order valence-corrected chi connectivity index (χ1v) is 3.96. The Morgan fingerprint density at radius 2 is 2.38 bits per heavy atom. The van der Waals surface area contributed by atoms with E-state index in [0.717, 1.165) is 11.3 Å². The van der Waals surface area contributed by atoms with E-state index in [4.69, 9.17) is 9.84 Å². The van der Waals surface area contributed by atoms with Crippen LogP contribution in [0.3, 0.4) is 0 Å². The molecule has 68 valence electrons. The number of nitrogens with zero attached hydrogens (tertiary/aromatic N) is 1. The molecule has 0 radical (unpaired) electrons. The van der Waals surface area contributed by atoms with Gasteiger partial charge in [0, 0.05) is 11.8 Å². The molecule has 2 aliphatic heterocycles. The van der Waals surface area contributed by atoms with Crippen molar-refractivity contribution in [2.24, 2.45) is 0 Å². The van der Waals surface area contributed by atoms with Crippen LogP contribution in [-0.4, -0.2) is 29.3 Å². The molecule has 0 aromatic carbocycles. The first-order chi connectivity index (χ1) is 6.33. The molecular weight excluding hydrogens is 170 g/mol. The Labute approximate surface area is 75.4 Å². The maximum Gasteiger partial charge on any atom is 0.418 e. The molecule has 0 saturated heterocycles. The van der Waals surface area contributed by atoms with E-state index in [1.165, 1.54) is 4.90 Å². The van der Waals surface area contributed by atoms with Gasteiger partial charge < -0.3 is 9.84 Å². The van der Waals surface area contributed by atoms with Crippen LogP contribution in [0.5, 0.6) is 0 Å². The topological polar surface area (TPSA) is 49.8 Å². The number of aliphatic hydroxyl groups excluding tert-OH is 1. The first-order valence-electron chi connectivity index (χ1n) is 3.96. The fourth-order valence-corrected chi connectivity index (χ4v) is 1.31. The van der Waals surface area contributed by atoms with Crippen LogP contribution >= 0.6 is 0 Å². The number of hydrogen-bond acceptors (Lipinski definition) is 3. The van der Waals surface area contributed by atoms with E-state index < -0.39 is 6.09 Å². The maximum atomic E-state index is 11.2. The monoisotopic (exact) mass is 179 g/mol. The minimum Gasteiger partial charge on any atom is -0.444 e. The number of hydrogen-bond donors (Lipinski definition) is 1. The van der Waals surface area contributed by atoms with Crippen molar-refractivity contribution in [3.8, 4) is 0 Å². The SMILES string of the molecule is O=C1OCC(CO)=C2C=CC=CN12. The van der Waals surface area contributed by atoms with Gasteiger partial charge in [0.1, 0.15) is 6.61 Å². The van der Waals surface area contributed by atoms with Crippen molar-refractivity contribution >= 4 is 6.09 Å². The van der Waals surface area contributed by atoms with Gasteiger partial charge in [0.05, 0.1) is 12.3 Å². The van der Waals surface area contributed by atoms with Crippen LogP contribution < -0.4 is 0 Å². The fourth-order valence-electron chi connectivity index (χ4n) is 1.31. The third-order valence-electron chi connectivity index (χ3n) is 1.98. The summed E-state index contributed by atoms with van der Waals surface area (Å²) < 4.78 is 4.83. The maximum absolute atomic E-state index is 11.2. The third kappa shape index (κ3) is 1.25. The zero-order valence-electron chi connectivity index (χ0n) is 6.93. The van der Waals surface area contributed by atoms with Crippen LogP contribution in [0.1, 0.15) is 0 Å². The number of carbonyl (C=O) groups excluding carboxylic acids is 1. The van der Waals surface area contributed by atoms with E-state index in [1.807, 2.05) is 6.08 Å². The van der Waals surface area contributed by atoms with E-state index in [9.17, 15) is 4.79 Å². The average molecular weight is 179 g/mol. The van der Waals surface area contributed by atoms with Crippen molar-refractivity contribution in [3.63, 3.8) is 0 Å². The molecule has 0 saturated carbocycles. The number of amides is 1. The second-order valence-electron chi connectivity index (χ2n) is 2.77. The van der Waals surface area contributed by atoms with Crippen molar-refractivity contribution in [2.75, 3.05) is 13.2 Å². The second kappa shape index (κ2) is 3.06. The molecule has 2 aliphatic rings. The lowest BCUT2D eigenvalue weighted by Crippen LogP contribution is -2.33. The van der Waals surface area contributed by atoms with E-state index in [1.54, 1.807) is 18.4 Å². The summed E-state index contributed by atoms with van der Waals surface area (Å²) in [5, 5.41) is 8.98. The standard InChI is InChI=1S/C9H9NO3/c11-5-7-6-13-9(12)10-4-2-1-3-8(7)10/h1-4,11H,5-6H2. The molecule has 1 amide bonds. The highest BCUT2D eigenvalue weighted by Gasteiger charge is 2.25. The van der Waals surface area contributed by atoms with Crippen molar-refractivity contribution in [2.45, 2.75) is 0 Å². The van der Waals surface area contributed by atoms with Crippen LogP contribution in [0, 0.1) is 0 Å². The summed E-state index contributed by atoms with van der Waals surface area (Å²) in [6.07, 6.45) is 6.57. The Hall–Kier alpha value is -1.55. The number of cyclic esters (lactones) is 1. The molecule has 0 spiro atoms. The molecule has 2 rings (SSSR count). The van der Waals surface area contributed by atoms with Crippen LogP contribution in [0.15, 0.2) is 35.7 Å². The first kappa shape index (κ1) is 8.07. The Kier molecular flexibility index (Phi) is 1.90. The van der Waals surface area contributed by atoms with Gasteiger partial charge in [-0.2, -0.15) is 0 Å². The molecule has 2 heterocycles. The Morgan fingerprint density at radius 1 is 1.54 bits per heavy atom. The van der Waals surface area contributed by atoms with Gasteiger partial charge >= 0.3 is 6.09 Å². The molecule has 0 aliphatic carbocycles. The Balaban J connectivity index is 2.42. The Bertz CT molecular complexity index is 328. The number of rotatable bonds is 1. The molecule has 4 heteroatoms. The summed E-state index contributed by atoms with van der Waals surface area (Å²) in [6, 6.07) is 0. The van der Waals surface area contributed by atoms with Gasteiger partial charge in [-0.3, -0.25) is 4.90 Å². The molecule has 13 heavy (non-hydrogen) atoms. The second-order valence-corrected chi connectivity index (χ2v) is 2.77. The Morgan fingerprint density at radius 3 is 3.15 bits per heavy atom. The van der Waals surface area contributed by atoms with Crippen molar-refractivity contribution in [1.82, 2.24) is 4.90 Å². The molecule has 0 fully saturated rings. The molecule has 0 unspecified atom stereocenters. The lowest BCUT2D eigenvalue weighted by Gasteiger charge is -2.28. The van der Waals surface area contributed by atoms with Crippen LogP contribution in [0.25, 0.3) is 0 Å². The summed E-state index contributed by atoms with van der Waals surface area (Å²) in [5.74, 6) is 0. The van der Waals surface area contributed by atoms with Gasteiger partial charge in [0.15, 0.2) is 0 Å². The van der Waals surface area contributed by atoms with E-state index >= 15 is 0 Å².